The number of carbonyl (C=O) groups is 2. The van der Waals surface area contributed by atoms with Gasteiger partial charge in [0, 0.05) is 34.5 Å². The molecule has 0 unspecified atom stereocenters. The molecule has 1 N–H and O–H groups in total. The molecule has 33 heavy (non-hydrogen) atoms. The minimum atomic E-state index is -0.594. The third-order valence-corrected chi connectivity index (χ3v) is 6.96. The Morgan fingerprint density at radius 3 is 2.33 bits per heavy atom. The van der Waals surface area contributed by atoms with Crippen molar-refractivity contribution < 1.29 is 14.3 Å². The highest BCUT2D eigenvalue weighted by Crippen LogP contribution is 2.27. The van der Waals surface area contributed by atoms with Crippen LogP contribution in [0.1, 0.15) is 44.2 Å². The van der Waals surface area contributed by atoms with Crippen LogP contribution in [-0.4, -0.2) is 42.2 Å². The molecule has 0 spiro atoms. The molecule has 0 fully saturated rings. The molecule has 0 aliphatic heterocycles. The summed E-state index contributed by atoms with van der Waals surface area (Å²) in [5.74, 6) is 1.44. The molecule has 5 nitrogen and oxygen atoms in total. The van der Waals surface area contributed by atoms with E-state index < -0.39 is 6.04 Å². The van der Waals surface area contributed by atoms with Gasteiger partial charge in [0.1, 0.15) is 11.8 Å². The largest absolute Gasteiger partial charge is 0.497 e. The van der Waals surface area contributed by atoms with Gasteiger partial charge in [-0.2, -0.15) is 0 Å². The zero-order valence-corrected chi connectivity index (χ0v) is 21.7. The number of methoxy groups -OCH3 is 1. The van der Waals surface area contributed by atoms with Crippen LogP contribution in [0.5, 0.6) is 5.75 Å². The van der Waals surface area contributed by atoms with Crippen molar-refractivity contribution in [3.05, 3.63) is 63.6 Å². The topological polar surface area (TPSA) is 58.6 Å². The van der Waals surface area contributed by atoms with Crippen molar-refractivity contribution in [3.8, 4) is 5.75 Å². The minimum Gasteiger partial charge on any atom is -0.497 e. The van der Waals surface area contributed by atoms with E-state index in [-0.39, 0.29) is 24.1 Å². The van der Waals surface area contributed by atoms with Crippen molar-refractivity contribution >= 4 is 46.8 Å². The predicted octanol–water partition coefficient (Wildman–Crippen LogP) is 5.96. The summed E-state index contributed by atoms with van der Waals surface area (Å²) in [4.78, 5) is 27.8. The van der Waals surface area contributed by atoms with Gasteiger partial charge < -0.3 is 15.0 Å². The molecule has 0 aliphatic rings. The lowest BCUT2D eigenvalue weighted by Gasteiger charge is -2.31. The van der Waals surface area contributed by atoms with Crippen LogP contribution in [0.3, 0.4) is 0 Å². The zero-order chi connectivity index (χ0) is 24.2. The summed E-state index contributed by atoms with van der Waals surface area (Å²) >= 11 is 14.3. The Morgan fingerprint density at radius 2 is 1.76 bits per heavy atom. The molecule has 0 saturated carbocycles. The van der Waals surface area contributed by atoms with Crippen molar-refractivity contribution in [1.29, 1.82) is 0 Å². The quantitative estimate of drug-likeness (QED) is 0.337. The molecular weight excluding hydrogens is 479 g/mol. The Hall–Kier alpha value is -1.89. The molecule has 0 bridgehead atoms. The maximum absolute atomic E-state index is 13.3. The second-order valence-electron chi connectivity index (χ2n) is 7.63. The summed E-state index contributed by atoms with van der Waals surface area (Å²) in [6.45, 7) is 4.74. The number of nitrogens with one attached hydrogen (secondary N) is 1. The minimum absolute atomic E-state index is 0.123. The number of carbonyl (C=O) groups excluding carboxylic acids is 2. The zero-order valence-electron chi connectivity index (χ0n) is 19.4. The first-order chi connectivity index (χ1) is 15.9. The number of nitrogens with zero attached hydrogens (tertiary/aromatic N) is 1. The number of ether oxygens (including phenoxy) is 1. The molecular formula is C25H32Cl2N2O3S. The van der Waals surface area contributed by atoms with E-state index in [2.05, 4.69) is 12.2 Å². The molecule has 2 rings (SSSR count). The number of amides is 2. The molecule has 2 aromatic rings. The highest BCUT2D eigenvalue weighted by atomic mass is 35.5. The van der Waals surface area contributed by atoms with E-state index in [0.29, 0.717) is 34.3 Å². The van der Waals surface area contributed by atoms with Gasteiger partial charge in [-0.1, -0.05) is 61.7 Å². The van der Waals surface area contributed by atoms with Crippen LogP contribution in [0.4, 0.5) is 0 Å². The van der Waals surface area contributed by atoms with Gasteiger partial charge in [0.15, 0.2) is 0 Å². The normalized spacial score (nSPS) is 11.7. The Balaban J connectivity index is 2.15. The molecule has 8 heteroatoms. The molecule has 0 heterocycles. The fourth-order valence-corrected chi connectivity index (χ4v) is 4.73. The van der Waals surface area contributed by atoms with E-state index in [4.69, 9.17) is 27.9 Å². The van der Waals surface area contributed by atoms with Crippen molar-refractivity contribution in [3.63, 3.8) is 0 Å². The van der Waals surface area contributed by atoms with Gasteiger partial charge in [-0.3, -0.25) is 9.59 Å². The highest BCUT2D eigenvalue weighted by Gasteiger charge is 2.29. The Kier molecular flexibility index (Phi) is 11.9. The lowest BCUT2D eigenvalue weighted by molar-refractivity contribution is -0.139. The van der Waals surface area contributed by atoms with E-state index >= 15 is 0 Å². The molecule has 0 aromatic heterocycles. The third-order valence-electron chi connectivity index (χ3n) is 5.26. The summed E-state index contributed by atoms with van der Waals surface area (Å²) in [6.07, 6.45) is 2.37. The van der Waals surface area contributed by atoms with Crippen molar-refractivity contribution in [1.82, 2.24) is 10.2 Å². The number of rotatable bonds is 13. The summed E-state index contributed by atoms with van der Waals surface area (Å²) < 4.78 is 5.19. The monoisotopic (exact) mass is 510 g/mol. The van der Waals surface area contributed by atoms with Crippen LogP contribution in [0, 0.1) is 0 Å². The van der Waals surface area contributed by atoms with Crippen LogP contribution in [0.2, 0.25) is 10.0 Å². The number of hydrogen-bond acceptors (Lipinski definition) is 4. The molecule has 0 aliphatic carbocycles. The Labute approximate surface area is 211 Å². The van der Waals surface area contributed by atoms with Gasteiger partial charge in [-0.05, 0) is 42.7 Å². The Bertz CT molecular complexity index is 889. The van der Waals surface area contributed by atoms with Gasteiger partial charge in [0.25, 0.3) is 0 Å². The van der Waals surface area contributed by atoms with Crippen molar-refractivity contribution in [2.45, 2.75) is 51.4 Å². The fourth-order valence-electron chi connectivity index (χ4n) is 3.34. The van der Waals surface area contributed by atoms with Gasteiger partial charge >= 0.3 is 0 Å². The summed E-state index contributed by atoms with van der Waals surface area (Å²) in [6, 6.07) is 12.4. The number of hydrogen-bond donors (Lipinski definition) is 1. The number of thioether (sulfide) groups is 1. The SMILES string of the molecule is CCCCNC(=O)[C@@H](CC)N(Cc1c(Cl)cccc1Cl)C(=O)CSCc1ccc(OC)cc1. The highest BCUT2D eigenvalue weighted by molar-refractivity contribution is 7.99. The van der Waals surface area contributed by atoms with E-state index in [1.807, 2.05) is 31.2 Å². The summed E-state index contributed by atoms with van der Waals surface area (Å²) in [5.41, 5.74) is 1.74. The van der Waals surface area contributed by atoms with Crippen molar-refractivity contribution in [2.24, 2.45) is 0 Å². The van der Waals surface area contributed by atoms with Crippen LogP contribution in [-0.2, 0) is 21.9 Å². The average Bonchev–Trinajstić information content (AvgIpc) is 2.81. The second kappa shape index (κ2) is 14.4. The van der Waals surface area contributed by atoms with E-state index in [1.165, 1.54) is 11.8 Å². The van der Waals surface area contributed by atoms with Crippen LogP contribution in [0.25, 0.3) is 0 Å². The molecule has 1 atom stereocenters. The molecule has 2 aromatic carbocycles. The van der Waals surface area contributed by atoms with Crippen LogP contribution in [0.15, 0.2) is 42.5 Å². The smallest absolute Gasteiger partial charge is 0.242 e. The van der Waals surface area contributed by atoms with Crippen LogP contribution >= 0.6 is 35.0 Å². The molecule has 0 saturated heterocycles. The predicted molar refractivity (Wildman–Crippen MR) is 138 cm³/mol. The molecule has 0 radical (unpaired) electrons. The van der Waals surface area contributed by atoms with Gasteiger partial charge in [-0.25, -0.2) is 0 Å². The lowest BCUT2D eigenvalue weighted by atomic mass is 10.1. The first-order valence-electron chi connectivity index (χ1n) is 11.1. The first kappa shape index (κ1) is 27.4. The van der Waals surface area contributed by atoms with Gasteiger partial charge in [-0.15, -0.1) is 11.8 Å². The number of halogens is 2. The summed E-state index contributed by atoms with van der Waals surface area (Å²) in [7, 11) is 1.63. The van der Waals surface area contributed by atoms with Crippen molar-refractivity contribution in [2.75, 3.05) is 19.4 Å². The van der Waals surface area contributed by atoms with E-state index in [1.54, 1.807) is 30.2 Å². The van der Waals surface area contributed by atoms with E-state index in [9.17, 15) is 9.59 Å². The standard InChI is InChI=1S/C25H32Cl2N2O3S/c1-4-6-14-28-25(31)23(5-2)29(15-20-21(26)8-7-9-22(20)27)24(30)17-33-16-18-10-12-19(32-3)13-11-18/h7-13,23H,4-6,14-17H2,1-3H3,(H,28,31)/t23-/m1/s1. The fraction of sp³-hybridized carbons (Fsp3) is 0.440. The van der Waals surface area contributed by atoms with Crippen LogP contribution < -0.4 is 10.1 Å². The number of unbranched alkanes of at least 4 members (excludes halogenated alkanes) is 1. The van der Waals surface area contributed by atoms with E-state index in [0.717, 1.165) is 24.2 Å². The maximum Gasteiger partial charge on any atom is 0.242 e. The van der Waals surface area contributed by atoms with Gasteiger partial charge in [0.2, 0.25) is 11.8 Å². The maximum atomic E-state index is 13.3. The first-order valence-corrected chi connectivity index (χ1v) is 13.0. The lowest BCUT2D eigenvalue weighted by Crippen LogP contribution is -2.49. The third kappa shape index (κ3) is 8.43. The molecule has 2 amide bonds. The van der Waals surface area contributed by atoms with Gasteiger partial charge in [0.05, 0.1) is 12.9 Å². The Morgan fingerprint density at radius 1 is 1.09 bits per heavy atom. The average molecular weight is 512 g/mol. The number of benzene rings is 2. The molecule has 180 valence electrons. The second-order valence-corrected chi connectivity index (χ2v) is 9.43. The summed E-state index contributed by atoms with van der Waals surface area (Å²) in [5, 5.41) is 3.92.